The van der Waals surface area contributed by atoms with Crippen LogP contribution in [-0.2, 0) is 4.79 Å². The van der Waals surface area contributed by atoms with E-state index in [9.17, 15) is 14.7 Å². The zero-order valence-electron chi connectivity index (χ0n) is 18.8. The minimum atomic E-state index is -0.744. The van der Waals surface area contributed by atoms with E-state index in [2.05, 4.69) is 31.4 Å². The second-order valence-corrected chi connectivity index (χ2v) is 8.50. The molecule has 1 aromatic rings. The van der Waals surface area contributed by atoms with Crippen LogP contribution in [0.4, 0.5) is 10.5 Å². The van der Waals surface area contributed by atoms with Crippen LogP contribution in [0.25, 0.3) is 0 Å². The second-order valence-electron chi connectivity index (χ2n) is 8.50. The van der Waals surface area contributed by atoms with Crippen molar-refractivity contribution >= 4 is 17.7 Å². The summed E-state index contributed by atoms with van der Waals surface area (Å²) in [5.41, 5.74) is 0.0240. The lowest BCUT2D eigenvalue weighted by Crippen LogP contribution is -2.34. The van der Waals surface area contributed by atoms with E-state index in [0.29, 0.717) is 18.9 Å². The number of para-hydroxylation sites is 1. The van der Waals surface area contributed by atoms with Gasteiger partial charge in [-0.2, -0.15) is 0 Å². The molecule has 0 aliphatic heterocycles. The molecule has 0 spiro atoms. The summed E-state index contributed by atoms with van der Waals surface area (Å²) < 4.78 is 0. The summed E-state index contributed by atoms with van der Waals surface area (Å²) in [7, 11) is 0. The fourth-order valence-electron chi connectivity index (χ4n) is 3.25. The highest BCUT2D eigenvalue weighted by Crippen LogP contribution is 2.41. The number of carbonyl (C=O) groups excluding carboxylic acids is 1. The van der Waals surface area contributed by atoms with Gasteiger partial charge < -0.3 is 15.7 Å². The molecule has 0 aromatic heterocycles. The Labute approximate surface area is 171 Å². The van der Waals surface area contributed by atoms with E-state index < -0.39 is 11.4 Å². The molecule has 160 valence electrons. The average Bonchev–Trinajstić information content (AvgIpc) is 2.62. The summed E-state index contributed by atoms with van der Waals surface area (Å²) >= 11 is 0. The molecule has 0 bridgehead atoms. The van der Waals surface area contributed by atoms with Gasteiger partial charge in [-0.3, -0.25) is 4.79 Å². The number of nitrogens with one attached hydrogen (secondary N) is 2. The van der Waals surface area contributed by atoms with Crippen molar-refractivity contribution in [3.05, 3.63) is 30.3 Å². The molecule has 28 heavy (non-hydrogen) atoms. The highest BCUT2D eigenvalue weighted by Gasteiger charge is 2.37. The van der Waals surface area contributed by atoms with Gasteiger partial charge in [-0.1, -0.05) is 65.7 Å². The lowest BCUT2D eigenvalue weighted by Gasteiger charge is -2.37. The van der Waals surface area contributed by atoms with Gasteiger partial charge in [0.25, 0.3) is 0 Å². The van der Waals surface area contributed by atoms with Crippen LogP contribution < -0.4 is 10.6 Å². The van der Waals surface area contributed by atoms with Crippen LogP contribution >= 0.6 is 0 Å². The first-order valence-corrected chi connectivity index (χ1v) is 10.4. The number of benzene rings is 1. The number of urea groups is 1. The van der Waals surface area contributed by atoms with Gasteiger partial charge >= 0.3 is 12.0 Å². The average molecular weight is 393 g/mol. The smallest absolute Gasteiger partial charge is 0.319 e. The maximum absolute atomic E-state index is 11.8. The van der Waals surface area contributed by atoms with E-state index in [0.717, 1.165) is 24.9 Å². The first-order valence-electron chi connectivity index (χ1n) is 10.4. The Balaban J connectivity index is 0.00000352. The summed E-state index contributed by atoms with van der Waals surface area (Å²) in [5.74, 6) is -0.328. The minimum absolute atomic E-state index is 0.0417. The summed E-state index contributed by atoms with van der Waals surface area (Å²) in [6.45, 7) is 14.7. The number of unbranched alkanes of at least 4 members (excludes halogenated alkanes) is 1. The van der Waals surface area contributed by atoms with Crippen LogP contribution in [0, 0.1) is 16.7 Å². The van der Waals surface area contributed by atoms with Crippen molar-refractivity contribution in [3.63, 3.8) is 0 Å². The maximum atomic E-state index is 11.8. The van der Waals surface area contributed by atoms with Crippen molar-refractivity contribution in [2.45, 2.75) is 74.1 Å². The van der Waals surface area contributed by atoms with Crippen LogP contribution in [0.1, 0.15) is 74.1 Å². The molecular weight excluding hydrogens is 352 g/mol. The summed E-state index contributed by atoms with van der Waals surface area (Å²) in [4.78, 5) is 23.2. The van der Waals surface area contributed by atoms with Crippen LogP contribution in [-0.4, -0.2) is 23.7 Å². The van der Waals surface area contributed by atoms with E-state index in [4.69, 9.17) is 0 Å². The first kappa shape index (κ1) is 26.0. The Kier molecular flexibility index (Phi) is 11.5. The molecule has 0 unspecified atom stereocenters. The second kappa shape index (κ2) is 12.4. The zero-order valence-corrected chi connectivity index (χ0v) is 18.8. The molecule has 0 radical (unpaired) electrons. The van der Waals surface area contributed by atoms with Gasteiger partial charge in [-0.15, -0.1) is 0 Å². The highest BCUT2D eigenvalue weighted by atomic mass is 16.4. The summed E-state index contributed by atoms with van der Waals surface area (Å²) in [6.07, 6.45) is 3.58. The van der Waals surface area contributed by atoms with E-state index in [1.165, 1.54) is 0 Å². The number of rotatable bonds is 10. The number of carboxylic acids is 1. The molecule has 0 heterocycles. The SMILES string of the molecule is CC.C[C@@H](CCCCNC(=O)Nc1ccccc1)C(C)(C)CC(C)(C)C(=O)O. The summed E-state index contributed by atoms with van der Waals surface area (Å²) in [5, 5.41) is 15.0. The molecule has 3 N–H and O–H groups in total. The molecule has 5 heteroatoms. The van der Waals surface area contributed by atoms with E-state index in [-0.39, 0.29) is 11.4 Å². The van der Waals surface area contributed by atoms with E-state index in [1.54, 1.807) is 13.8 Å². The maximum Gasteiger partial charge on any atom is 0.319 e. The molecule has 5 nitrogen and oxygen atoms in total. The third-order valence-corrected chi connectivity index (χ3v) is 5.19. The molecule has 0 saturated carbocycles. The minimum Gasteiger partial charge on any atom is -0.481 e. The standard InChI is InChI=1S/C21H34N2O3.C2H6/c1-16(20(2,3)15-21(4,5)18(24)25)11-9-10-14-22-19(26)23-17-12-7-6-8-13-17;1-2/h6-8,12-13,16H,9-11,14-15H2,1-5H3,(H,24,25)(H2,22,23,26);1-2H3/t16-;/m0./s1. The third kappa shape index (κ3) is 9.77. The third-order valence-electron chi connectivity index (χ3n) is 5.19. The van der Waals surface area contributed by atoms with Gasteiger partial charge in [0.15, 0.2) is 0 Å². The van der Waals surface area contributed by atoms with Gasteiger partial charge in [-0.05, 0) is 50.2 Å². The largest absolute Gasteiger partial charge is 0.481 e. The predicted octanol–water partition coefficient (Wildman–Crippen LogP) is 6.17. The normalized spacial score (nSPS) is 12.4. The van der Waals surface area contributed by atoms with Crippen LogP contribution in [0.15, 0.2) is 30.3 Å². The van der Waals surface area contributed by atoms with Crippen molar-refractivity contribution in [2.24, 2.45) is 16.7 Å². The Bertz CT molecular complexity index is 583. The molecule has 0 aliphatic carbocycles. The molecule has 0 aliphatic rings. The number of carboxylic acid groups (broad SMARTS) is 1. The van der Waals surface area contributed by atoms with Crippen molar-refractivity contribution in [2.75, 3.05) is 11.9 Å². The molecule has 0 saturated heterocycles. The van der Waals surface area contributed by atoms with Crippen molar-refractivity contribution < 1.29 is 14.7 Å². The predicted molar refractivity (Wildman–Crippen MR) is 118 cm³/mol. The quantitative estimate of drug-likeness (QED) is 0.417. The Morgan fingerprint density at radius 3 is 2.14 bits per heavy atom. The fraction of sp³-hybridized carbons (Fsp3) is 0.652. The molecule has 1 aromatic carbocycles. The number of hydrogen-bond donors (Lipinski definition) is 3. The topological polar surface area (TPSA) is 78.4 Å². The Morgan fingerprint density at radius 1 is 1.04 bits per heavy atom. The molecule has 1 rings (SSSR count). The Morgan fingerprint density at radius 2 is 1.61 bits per heavy atom. The van der Waals surface area contributed by atoms with E-state index in [1.807, 2.05) is 44.2 Å². The lowest BCUT2D eigenvalue weighted by atomic mass is 9.67. The number of anilines is 1. The molecular formula is C23H40N2O3. The van der Waals surface area contributed by atoms with Crippen molar-refractivity contribution in [3.8, 4) is 0 Å². The zero-order chi connectivity index (χ0) is 21.8. The van der Waals surface area contributed by atoms with Gasteiger partial charge in [0.05, 0.1) is 5.41 Å². The number of carbonyl (C=O) groups is 2. The van der Waals surface area contributed by atoms with Crippen molar-refractivity contribution in [1.82, 2.24) is 5.32 Å². The highest BCUT2D eigenvalue weighted by molar-refractivity contribution is 5.89. The van der Waals surface area contributed by atoms with Crippen LogP contribution in [0.3, 0.4) is 0 Å². The number of hydrogen-bond acceptors (Lipinski definition) is 2. The van der Waals surface area contributed by atoms with Gasteiger partial charge in [-0.25, -0.2) is 4.79 Å². The Hall–Kier alpha value is -2.04. The first-order chi connectivity index (χ1) is 13.0. The van der Waals surface area contributed by atoms with Crippen LogP contribution in [0.2, 0.25) is 0 Å². The van der Waals surface area contributed by atoms with Gasteiger partial charge in [0, 0.05) is 12.2 Å². The molecule has 1 atom stereocenters. The van der Waals surface area contributed by atoms with Crippen molar-refractivity contribution in [1.29, 1.82) is 0 Å². The fourth-order valence-corrected chi connectivity index (χ4v) is 3.25. The number of amides is 2. The summed E-state index contributed by atoms with van der Waals surface area (Å²) in [6, 6.07) is 9.18. The van der Waals surface area contributed by atoms with E-state index >= 15 is 0 Å². The number of aliphatic carboxylic acids is 1. The lowest BCUT2D eigenvalue weighted by molar-refractivity contribution is -0.149. The monoisotopic (exact) mass is 392 g/mol. The van der Waals surface area contributed by atoms with Gasteiger partial charge in [0.1, 0.15) is 0 Å². The van der Waals surface area contributed by atoms with Crippen LogP contribution in [0.5, 0.6) is 0 Å². The van der Waals surface area contributed by atoms with Gasteiger partial charge in [0.2, 0.25) is 0 Å². The molecule has 0 fully saturated rings. The molecule has 2 amide bonds.